The highest BCUT2D eigenvalue weighted by atomic mass is 35.5. The Morgan fingerprint density at radius 1 is 1.22 bits per heavy atom. The van der Waals surface area contributed by atoms with E-state index in [1.807, 2.05) is 12.1 Å². The van der Waals surface area contributed by atoms with Crippen LogP contribution >= 0.6 is 11.6 Å². The van der Waals surface area contributed by atoms with E-state index in [1.165, 1.54) is 25.7 Å². The highest BCUT2D eigenvalue weighted by molar-refractivity contribution is 6.30. The zero-order valence-electron chi connectivity index (χ0n) is 10.9. The molecule has 2 nitrogen and oxygen atoms in total. The number of ether oxygens (including phenoxy) is 1. The molecule has 0 aliphatic heterocycles. The van der Waals surface area contributed by atoms with Gasteiger partial charge in [-0.05, 0) is 37.0 Å². The van der Waals surface area contributed by atoms with Crippen molar-refractivity contribution in [2.24, 2.45) is 5.92 Å². The van der Waals surface area contributed by atoms with Crippen molar-refractivity contribution in [3.63, 3.8) is 0 Å². The molecule has 0 heterocycles. The van der Waals surface area contributed by atoms with Crippen molar-refractivity contribution < 1.29 is 9.84 Å². The Kier molecular flexibility index (Phi) is 4.90. The summed E-state index contributed by atoms with van der Waals surface area (Å²) in [4.78, 5) is 0. The zero-order valence-corrected chi connectivity index (χ0v) is 11.6. The Morgan fingerprint density at radius 2 is 1.89 bits per heavy atom. The van der Waals surface area contributed by atoms with E-state index in [2.05, 4.69) is 0 Å². The van der Waals surface area contributed by atoms with E-state index in [0.717, 1.165) is 24.2 Å². The van der Waals surface area contributed by atoms with Gasteiger partial charge in [-0.3, -0.25) is 0 Å². The Hall–Kier alpha value is -0.730. The van der Waals surface area contributed by atoms with Gasteiger partial charge in [-0.1, -0.05) is 37.3 Å². The fourth-order valence-corrected chi connectivity index (χ4v) is 3.00. The Balaban J connectivity index is 2.20. The summed E-state index contributed by atoms with van der Waals surface area (Å²) in [5.41, 5.74) is 0.830. The minimum atomic E-state index is -0.461. The molecule has 0 radical (unpaired) electrons. The van der Waals surface area contributed by atoms with E-state index >= 15 is 0 Å². The van der Waals surface area contributed by atoms with Crippen molar-refractivity contribution in [3.05, 3.63) is 28.8 Å². The molecule has 1 aliphatic rings. The maximum Gasteiger partial charge on any atom is 0.124 e. The molecule has 3 heteroatoms. The average molecular weight is 269 g/mol. The smallest absolute Gasteiger partial charge is 0.124 e. The van der Waals surface area contributed by atoms with Gasteiger partial charge in [0.25, 0.3) is 0 Å². The van der Waals surface area contributed by atoms with E-state index in [0.29, 0.717) is 10.9 Å². The van der Waals surface area contributed by atoms with Crippen LogP contribution in [0.5, 0.6) is 5.75 Å². The summed E-state index contributed by atoms with van der Waals surface area (Å²) >= 11 is 6.02. The summed E-state index contributed by atoms with van der Waals surface area (Å²) < 4.78 is 5.32. The second-order valence-electron chi connectivity index (χ2n) is 5.08. The van der Waals surface area contributed by atoms with Gasteiger partial charge in [-0.25, -0.2) is 0 Å². The second kappa shape index (κ2) is 6.44. The van der Waals surface area contributed by atoms with Crippen LogP contribution in [0.4, 0.5) is 0 Å². The first kappa shape index (κ1) is 13.7. The van der Waals surface area contributed by atoms with Crippen LogP contribution in [0.25, 0.3) is 0 Å². The Bertz CT molecular complexity index is 384. The minimum Gasteiger partial charge on any atom is -0.496 e. The van der Waals surface area contributed by atoms with Gasteiger partial charge in [-0.2, -0.15) is 0 Å². The molecule has 18 heavy (non-hydrogen) atoms. The molecule has 1 saturated carbocycles. The van der Waals surface area contributed by atoms with Crippen LogP contribution in [0, 0.1) is 5.92 Å². The summed E-state index contributed by atoms with van der Waals surface area (Å²) in [5, 5.41) is 11.2. The van der Waals surface area contributed by atoms with Crippen LogP contribution in [-0.4, -0.2) is 12.2 Å². The number of rotatable bonds is 3. The van der Waals surface area contributed by atoms with E-state index in [9.17, 15) is 5.11 Å². The van der Waals surface area contributed by atoms with Gasteiger partial charge in [-0.15, -0.1) is 0 Å². The molecule has 0 spiro atoms. The van der Waals surface area contributed by atoms with E-state index in [-0.39, 0.29) is 0 Å². The van der Waals surface area contributed by atoms with Crippen LogP contribution < -0.4 is 4.74 Å². The van der Waals surface area contributed by atoms with Crippen molar-refractivity contribution in [1.82, 2.24) is 0 Å². The first-order valence-corrected chi connectivity index (χ1v) is 7.11. The molecule has 1 aliphatic carbocycles. The molecule has 0 saturated heterocycles. The fraction of sp³-hybridized carbons (Fsp3) is 0.600. The van der Waals surface area contributed by atoms with Gasteiger partial charge in [0.15, 0.2) is 0 Å². The molecule has 1 N–H and O–H groups in total. The van der Waals surface area contributed by atoms with Crippen LogP contribution in [0.1, 0.15) is 50.2 Å². The lowest BCUT2D eigenvalue weighted by molar-refractivity contribution is 0.0961. The van der Waals surface area contributed by atoms with Gasteiger partial charge in [0.1, 0.15) is 5.75 Å². The highest BCUT2D eigenvalue weighted by Crippen LogP contribution is 2.38. The molecule has 1 aromatic carbocycles. The molecule has 100 valence electrons. The third-order valence-electron chi connectivity index (χ3n) is 3.86. The summed E-state index contributed by atoms with van der Waals surface area (Å²) in [7, 11) is 1.63. The van der Waals surface area contributed by atoms with Crippen molar-refractivity contribution >= 4 is 11.6 Å². The largest absolute Gasteiger partial charge is 0.496 e. The number of halogens is 1. The third kappa shape index (κ3) is 3.18. The zero-order chi connectivity index (χ0) is 13.0. The topological polar surface area (TPSA) is 29.5 Å². The van der Waals surface area contributed by atoms with Gasteiger partial charge < -0.3 is 9.84 Å². The molecule has 2 rings (SSSR count). The predicted molar refractivity (Wildman–Crippen MR) is 74.2 cm³/mol. The van der Waals surface area contributed by atoms with Gasteiger partial charge in [0.05, 0.1) is 13.2 Å². The second-order valence-corrected chi connectivity index (χ2v) is 5.52. The Morgan fingerprint density at radius 3 is 2.50 bits per heavy atom. The standard InChI is InChI=1S/C15H21ClO2/c1-18-14-9-8-12(16)10-13(14)15(17)11-6-4-2-3-5-7-11/h8-11,15,17H,2-7H2,1H3. The number of aliphatic hydroxyl groups is 1. The first-order chi connectivity index (χ1) is 8.72. The number of hydrogen-bond acceptors (Lipinski definition) is 2. The lowest BCUT2D eigenvalue weighted by Crippen LogP contribution is -2.13. The lowest BCUT2D eigenvalue weighted by atomic mass is 9.89. The van der Waals surface area contributed by atoms with Gasteiger partial charge >= 0.3 is 0 Å². The first-order valence-electron chi connectivity index (χ1n) is 6.74. The monoisotopic (exact) mass is 268 g/mol. The number of aliphatic hydroxyl groups excluding tert-OH is 1. The number of benzene rings is 1. The van der Waals surface area contributed by atoms with E-state index < -0.39 is 6.10 Å². The van der Waals surface area contributed by atoms with Crippen molar-refractivity contribution in [3.8, 4) is 5.75 Å². The molecule has 0 bridgehead atoms. The SMILES string of the molecule is COc1ccc(Cl)cc1C(O)C1CCCCCC1. The molecular formula is C15H21ClO2. The summed E-state index contributed by atoms with van der Waals surface area (Å²) in [6.07, 6.45) is 6.73. The van der Waals surface area contributed by atoms with E-state index in [1.54, 1.807) is 13.2 Å². The summed E-state index contributed by atoms with van der Waals surface area (Å²) in [5.74, 6) is 1.07. The number of methoxy groups -OCH3 is 1. The van der Waals surface area contributed by atoms with Gasteiger partial charge in [0.2, 0.25) is 0 Å². The maximum absolute atomic E-state index is 10.6. The molecule has 1 unspecified atom stereocenters. The highest BCUT2D eigenvalue weighted by Gasteiger charge is 2.24. The summed E-state index contributed by atoms with van der Waals surface area (Å²) in [6, 6.07) is 5.46. The van der Waals surface area contributed by atoms with Gasteiger partial charge in [0, 0.05) is 10.6 Å². The van der Waals surface area contributed by atoms with Crippen LogP contribution in [0.15, 0.2) is 18.2 Å². The van der Waals surface area contributed by atoms with Crippen molar-refractivity contribution in [2.45, 2.75) is 44.6 Å². The molecule has 1 fully saturated rings. The quantitative estimate of drug-likeness (QED) is 0.826. The van der Waals surface area contributed by atoms with Crippen LogP contribution in [0.3, 0.4) is 0 Å². The average Bonchev–Trinajstić information content (AvgIpc) is 2.66. The summed E-state index contributed by atoms with van der Waals surface area (Å²) in [6.45, 7) is 0. The Labute approximate surface area is 114 Å². The van der Waals surface area contributed by atoms with E-state index in [4.69, 9.17) is 16.3 Å². The maximum atomic E-state index is 10.6. The third-order valence-corrected chi connectivity index (χ3v) is 4.09. The minimum absolute atomic E-state index is 0.333. The van der Waals surface area contributed by atoms with Crippen LogP contribution in [-0.2, 0) is 0 Å². The van der Waals surface area contributed by atoms with Crippen LogP contribution in [0.2, 0.25) is 5.02 Å². The molecule has 1 aromatic rings. The van der Waals surface area contributed by atoms with Crippen molar-refractivity contribution in [1.29, 1.82) is 0 Å². The molecular weight excluding hydrogens is 248 g/mol. The normalized spacial score (nSPS) is 19.3. The predicted octanol–water partition coefficient (Wildman–Crippen LogP) is 4.35. The molecule has 1 atom stereocenters. The molecule has 0 aromatic heterocycles. The fourth-order valence-electron chi connectivity index (χ4n) is 2.82. The number of hydrogen-bond donors (Lipinski definition) is 1. The molecule has 0 amide bonds. The lowest BCUT2D eigenvalue weighted by Gasteiger charge is -2.23. The van der Waals surface area contributed by atoms with Crippen molar-refractivity contribution in [2.75, 3.05) is 7.11 Å².